The van der Waals surface area contributed by atoms with E-state index in [9.17, 15) is 31.6 Å². The Bertz CT molecular complexity index is 882. The van der Waals surface area contributed by atoms with E-state index in [-0.39, 0.29) is 61.9 Å². The van der Waals surface area contributed by atoms with Crippen molar-refractivity contribution in [1.29, 1.82) is 0 Å². The topological polar surface area (TPSA) is 114 Å². The van der Waals surface area contributed by atoms with Crippen LogP contribution in [0.4, 0.5) is 13.2 Å². The number of ether oxygens (including phenoxy) is 3. The van der Waals surface area contributed by atoms with Gasteiger partial charge in [0.2, 0.25) is 10.0 Å². The van der Waals surface area contributed by atoms with Crippen LogP contribution >= 0.6 is 11.8 Å². The lowest BCUT2D eigenvalue weighted by Gasteiger charge is -2.39. The van der Waals surface area contributed by atoms with Crippen LogP contribution in [0.25, 0.3) is 0 Å². The Kier molecular flexibility index (Phi) is 10.5. The number of carbonyl (C=O) groups excluding carboxylic acids is 1. The molecule has 1 amide bonds. The molecule has 1 aliphatic heterocycles. The molecule has 0 aromatic heterocycles. The fourth-order valence-electron chi connectivity index (χ4n) is 3.71. The van der Waals surface area contributed by atoms with Gasteiger partial charge in [0.05, 0.1) is 0 Å². The molecule has 0 saturated carbocycles. The Balaban J connectivity index is 2.09. The van der Waals surface area contributed by atoms with Gasteiger partial charge < -0.3 is 14.2 Å². The third-order valence-corrected chi connectivity index (χ3v) is 8.90. The van der Waals surface area contributed by atoms with Crippen molar-refractivity contribution >= 4 is 27.7 Å². The molecule has 1 saturated heterocycles. The van der Waals surface area contributed by atoms with Crippen LogP contribution in [0.3, 0.4) is 0 Å². The van der Waals surface area contributed by atoms with Crippen molar-refractivity contribution in [2.75, 3.05) is 40.5 Å². The predicted molar refractivity (Wildman–Crippen MR) is 118 cm³/mol. The molecule has 0 aliphatic carbocycles. The van der Waals surface area contributed by atoms with Gasteiger partial charge in [-0.1, -0.05) is 0 Å². The minimum Gasteiger partial charge on any atom is -0.490 e. The summed E-state index contributed by atoms with van der Waals surface area (Å²) in [5.41, 5.74) is -2.90. The molecule has 0 bridgehead atoms. The van der Waals surface area contributed by atoms with Crippen molar-refractivity contribution in [1.82, 2.24) is 9.79 Å². The molecule has 0 spiro atoms. The van der Waals surface area contributed by atoms with E-state index in [0.29, 0.717) is 18.6 Å². The van der Waals surface area contributed by atoms with Crippen molar-refractivity contribution in [3.63, 3.8) is 0 Å². The van der Waals surface area contributed by atoms with Gasteiger partial charge in [0, 0.05) is 58.3 Å². The van der Waals surface area contributed by atoms with Crippen molar-refractivity contribution in [3.05, 3.63) is 24.3 Å². The molecule has 9 nitrogen and oxygen atoms in total. The number of sulfonamides is 1. The number of piperidine rings is 1. The Morgan fingerprint density at radius 2 is 1.65 bits per heavy atom. The number of hydrogen-bond acceptors (Lipinski definition) is 8. The van der Waals surface area contributed by atoms with Crippen LogP contribution in [-0.4, -0.2) is 80.7 Å². The molecule has 1 heterocycles. The number of nitrogens with one attached hydrogen (secondary N) is 1. The zero-order valence-corrected chi connectivity index (χ0v) is 20.5. The van der Waals surface area contributed by atoms with Crippen molar-refractivity contribution in [3.8, 4) is 5.75 Å². The molecule has 0 radical (unpaired) electrons. The number of methoxy groups -OCH3 is 2. The molecule has 1 fully saturated rings. The van der Waals surface area contributed by atoms with Gasteiger partial charge in [0.25, 0.3) is 5.91 Å². The number of amides is 1. The number of rotatable bonds is 12. The largest absolute Gasteiger partial charge is 0.490 e. The molecule has 34 heavy (non-hydrogen) atoms. The number of thioether (sulfide) groups is 1. The molecule has 194 valence electrons. The third kappa shape index (κ3) is 7.21. The number of benzene rings is 1. The van der Waals surface area contributed by atoms with Gasteiger partial charge in [0.15, 0.2) is 4.75 Å². The average molecular weight is 531 g/mol. The van der Waals surface area contributed by atoms with Gasteiger partial charge in [-0.3, -0.25) is 10.0 Å². The quantitative estimate of drug-likeness (QED) is 0.241. The molecule has 1 aromatic carbocycles. The summed E-state index contributed by atoms with van der Waals surface area (Å²) < 4.78 is 79.5. The van der Waals surface area contributed by atoms with E-state index in [4.69, 9.17) is 14.2 Å². The number of nitrogens with zero attached hydrogens (tertiary/aromatic N) is 1. The highest BCUT2D eigenvalue weighted by Gasteiger charge is 2.53. The molecule has 2 rings (SSSR count). The lowest BCUT2D eigenvalue weighted by molar-refractivity contribution is -0.133. The smallest absolute Gasteiger partial charge is 0.446 e. The van der Waals surface area contributed by atoms with Crippen LogP contribution in [0.2, 0.25) is 0 Å². The molecular formula is C20H29F3N2O7S2. The number of alkyl halides is 3. The highest BCUT2D eigenvalue weighted by atomic mass is 32.2. The molecule has 1 aliphatic rings. The zero-order valence-electron chi connectivity index (χ0n) is 18.8. The zero-order chi connectivity index (χ0) is 25.4. The number of halogens is 3. The Labute approximate surface area is 200 Å². The van der Waals surface area contributed by atoms with Crippen LogP contribution in [0.1, 0.15) is 25.7 Å². The van der Waals surface area contributed by atoms with Gasteiger partial charge in [-0.15, -0.1) is 0 Å². The summed E-state index contributed by atoms with van der Waals surface area (Å²) in [6.45, 7) is 0.0714. The van der Waals surface area contributed by atoms with E-state index in [0.717, 1.165) is 0 Å². The van der Waals surface area contributed by atoms with E-state index in [2.05, 4.69) is 0 Å². The average Bonchev–Trinajstić information content (AvgIpc) is 2.79. The Hall–Kier alpha value is -1.58. The highest BCUT2D eigenvalue weighted by Crippen LogP contribution is 2.37. The molecule has 1 aromatic rings. The van der Waals surface area contributed by atoms with Gasteiger partial charge in [-0.2, -0.15) is 13.2 Å². The fraction of sp³-hybridized carbons (Fsp3) is 0.650. The summed E-state index contributed by atoms with van der Waals surface area (Å²) in [7, 11) is -1.47. The molecule has 14 heteroatoms. The van der Waals surface area contributed by atoms with E-state index in [1.807, 2.05) is 0 Å². The minimum atomic E-state index is -4.38. The van der Waals surface area contributed by atoms with Gasteiger partial charge in [-0.25, -0.2) is 18.2 Å². The van der Waals surface area contributed by atoms with Crippen LogP contribution in [0, 0.1) is 0 Å². The predicted octanol–water partition coefficient (Wildman–Crippen LogP) is 2.79. The Morgan fingerprint density at radius 3 is 2.09 bits per heavy atom. The summed E-state index contributed by atoms with van der Waals surface area (Å²) >= 11 is -0.221. The van der Waals surface area contributed by atoms with E-state index in [1.54, 1.807) is 0 Å². The van der Waals surface area contributed by atoms with E-state index >= 15 is 0 Å². The third-order valence-electron chi connectivity index (χ3n) is 5.53. The van der Waals surface area contributed by atoms with Crippen molar-refractivity contribution in [2.45, 2.75) is 46.9 Å². The molecule has 2 N–H and O–H groups in total. The minimum absolute atomic E-state index is 0.0292. The van der Waals surface area contributed by atoms with E-state index in [1.165, 1.54) is 48.3 Å². The summed E-state index contributed by atoms with van der Waals surface area (Å²) in [6.07, 6.45) is -0.0971. The van der Waals surface area contributed by atoms with Crippen molar-refractivity contribution in [2.24, 2.45) is 0 Å². The maximum atomic E-state index is 13.5. The number of hydroxylamine groups is 1. The first kappa shape index (κ1) is 28.7. The summed E-state index contributed by atoms with van der Waals surface area (Å²) in [6, 6.07) is 5.48. The lowest BCUT2D eigenvalue weighted by atomic mass is 10.0. The van der Waals surface area contributed by atoms with Gasteiger partial charge >= 0.3 is 5.51 Å². The first-order valence-electron chi connectivity index (χ1n) is 10.4. The van der Waals surface area contributed by atoms with E-state index < -0.39 is 26.2 Å². The highest BCUT2D eigenvalue weighted by molar-refractivity contribution is 8.00. The molecule has 0 unspecified atom stereocenters. The maximum absolute atomic E-state index is 13.5. The SMILES string of the molecule is COCCC(CCOC)(C(=O)NO)S(=O)(=O)N1CCC(Oc2ccc(SC(F)(F)F)cc2)CC1. The second kappa shape index (κ2) is 12.4. The monoisotopic (exact) mass is 530 g/mol. The lowest BCUT2D eigenvalue weighted by Crippen LogP contribution is -2.59. The van der Waals surface area contributed by atoms with Crippen LogP contribution in [0.5, 0.6) is 5.75 Å². The Morgan fingerprint density at radius 1 is 1.12 bits per heavy atom. The first-order chi connectivity index (χ1) is 16.0. The standard InChI is InChI=1S/C20H29F3N2O7S2/c1-30-13-9-19(10-14-31-2,18(26)24-27)34(28,29)25-11-7-16(8-12-25)32-15-3-5-17(6-4-15)33-20(21,22)23/h3-6,16,27H,7-14H2,1-2H3,(H,24,26). The van der Waals surface area contributed by atoms with Crippen LogP contribution in [0.15, 0.2) is 29.2 Å². The van der Waals surface area contributed by atoms with Gasteiger partial charge in [0.1, 0.15) is 11.9 Å². The van der Waals surface area contributed by atoms with Crippen molar-refractivity contribution < 1.29 is 45.8 Å². The van der Waals surface area contributed by atoms with Gasteiger partial charge in [-0.05, 0) is 48.9 Å². The second-order valence-corrected chi connectivity index (χ2v) is 11.0. The first-order valence-corrected chi connectivity index (χ1v) is 12.7. The summed E-state index contributed by atoms with van der Waals surface area (Å²) in [5.74, 6) is -0.682. The maximum Gasteiger partial charge on any atom is 0.446 e. The molecule has 0 atom stereocenters. The number of hydrogen-bond donors (Lipinski definition) is 2. The summed E-state index contributed by atoms with van der Waals surface area (Å²) in [4.78, 5) is 12.6. The van der Waals surface area contributed by atoms with Crippen LogP contribution in [-0.2, 0) is 24.3 Å². The fourth-order valence-corrected chi connectivity index (χ4v) is 6.40. The molecular weight excluding hydrogens is 501 g/mol. The summed E-state index contributed by atoms with van der Waals surface area (Å²) in [5, 5.41) is 9.27. The van der Waals surface area contributed by atoms with Crippen LogP contribution < -0.4 is 10.2 Å². The number of carbonyl (C=O) groups is 1. The second-order valence-electron chi connectivity index (χ2n) is 7.66. The normalized spacial score (nSPS) is 16.4.